The van der Waals surface area contributed by atoms with Crippen molar-refractivity contribution in [3.63, 3.8) is 0 Å². The van der Waals surface area contributed by atoms with E-state index in [-0.39, 0.29) is 16.6 Å². The molecule has 0 heterocycles. The summed E-state index contributed by atoms with van der Waals surface area (Å²) in [4.78, 5) is 23.8. The summed E-state index contributed by atoms with van der Waals surface area (Å²) < 4.78 is 4.97. The quantitative estimate of drug-likeness (QED) is 0.827. The molecule has 0 aromatic heterocycles. The van der Waals surface area contributed by atoms with Gasteiger partial charge in [0.2, 0.25) is 0 Å². The van der Waals surface area contributed by atoms with Gasteiger partial charge in [0.1, 0.15) is 0 Å². The summed E-state index contributed by atoms with van der Waals surface area (Å²) in [5.41, 5.74) is 1.01. The van der Waals surface area contributed by atoms with Gasteiger partial charge in [-0.1, -0.05) is 53.5 Å². The Bertz CT molecular complexity index is 718. The van der Waals surface area contributed by atoms with Crippen molar-refractivity contribution in [3.8, 4) is 0 Å². The minimum Gasteiger partial charge on any atom is -0.452 e. The van der Waals surface area contributed by atoms with Gasteiger partial charge in [0, 0.05) is 5.02 Å². The molecule has 0 saturated heterocycles. The molecule has 0 aliphatic heterocycles. The molecule has 2 aromatic rings. The Labute approximate surface area is 144 Å². The minimum absolute atomic E-state index is 0.223. The molecule has 0 fully saturated rings. The Hall–Kier alpha value is -2.04. The van der Waals surface area contributed by atoms with Crippen molar-refractivity contribution in [3.05, 3.63) is 69.7 Å². The molecule has 120 valence electrons. The fourth-order valence-electron chi connectivity index (χ4n) is 2.02. The van der Waals surface area contributed by atoms with Crippen LogP contribution in [0.15, 0.2) is 48.5 Å². The maximum atomic E-state index is 11.9. The SMILES string of the molecule is C[C@H](NC(=O)COC(=O)c1ccccc1Cl)c1ccccc1Cl. The van der Waals surface area contributed by atoms with Gasteiger partial charge in [-0.15, -0.1) is 0 Å². The zero-order valence-corrected chi connectivity index (χ0v) is 13.9. The zero-order valence-electron chi connectivity index (χ0n) is 12.4. The van der Waals surface area contributed by atoms with Crippen LogP contribution in [-0.4, -0.2) is 18.5 Å². The maximum Gasteiger partial charge on any atom is 0.340 e. The second-order valence-corrected chi connectivity index (χ2v) is 5.68. The van der Waals surface area contributed by atoms with Crippen LogP contribution < -0.4 is 5.32 Å². The summed E-state index contributed by atoms with van der Waals surface area (Å²) in [6.07, 6.45) is 0. The highest BCUT2D eigenvalue weighted by Crippen LogP contribution is 2.22. The van der Waals surface area contributed by atoms with Crippen molar-refractivity contribution in [1.29, 1.82) is 0 Å². The molecule has 0 unspecified atom stereocenters. The van der Waals surface area contributed by atoms with Gasteiger partial charge >= 0.3 is 5.97 Å². The largest absolute Gasteiger partial charge is 0.452 e. The third kappa shape index (κ3) is 4.71. The average molecular weight is 352 g/mol. The Morgan fingerprint density at radius 2 is 1.65 bits per heavy atom. The lowest BCUT2D eigenvalue weighted by Gasteiger charge is -2.15. The van der Waals surface area contributed by atoms with Gasteiger partial charge < -0.3 is 10.1 Å². The Kier molecular flexibility index (Phi) is 6.02. The predicted octanol–water partition coefficient (Wildman–Crippen LogP) is 4.03. The molecule has 1 N–H and O–H groups in total. The standard InChI is InChI=1S/C17H15Cl2NO3/c1-11(12-6-2-4-8-14(12)18)20-16(21)10-23-17(22)13-7-3-5-9-15(13)19/h2-9,11H,10H2,1H3,(H,20,21)/t11-/m0/s1. The third-order valence-electron chi connectivity index (χ3n) is 3.18. The summed E-state index contributed by atoms with van der Waals surface area (Å²) in [5.74, 6) is -1.06. The predicted molar refractivity (Wildman–Crippen MR) is 89.7 cm³/mol. The highest BCUT2D eigenvalue weighted by atomic mass is 35.5. The molecule has 1 amide bonds. The molecule has 0 radical (unpaired) electrons. The number of benzene rings is 2. The number of carbonyl (C=O) groups is 2. The van der Waals surface area contributed by atoms with Gasteiger partial charge in [-0.25, -0.2) is 4.79 Å². The van der Waals surface area contributed by atoms with E-state index >= 15 is 0 Å². The third-order valence-corrected chi connectivity index (χ3v) is 3.85. The van der Waals surface area contributed by atoms with Crippen LogP contribution in [0.2, 0.25) is 10.0 Å². The van der Waals surface area contributed by atoms with E-state index in [2.05, 4.69) is 5.32 Å². The van der Waals surface area contributed by atoms with Crippen molar-refractivity contribution in [2.45, 2.75) is 13.0 Å². The molecule has 6 heteroatoms. The zero-order chi connectivity index (χ0) is 16.8. The number of esters is 1. The van der Waals surface area contributed by atoms with Crippen LogP contribution in [0.3, 0.4) is 0 Å². The number of amides is 1. The molecule has 1 atom stereocenters. The number of carbonyl (C=O) groups excluding carboxylic acids is 2. The van der Waals surface area contributed by atoms with Crippen LogP contribution in [0.1, 0.15) is 28.9 Å². The van der Waals surface area contributed by atoms with Crippen molar-refractivity contribution < 1.29 is 14.3 Å². The molecule has 0 bridgehead atoms. The molecule has 4 nitrogen and oxygen atoms in total. The van der Waals surface area contributed by atoms with Crippen LogP contribution >= 0.6 is 23.2 Å². The summed E-state index contributed by atoms with van der Waals surface area (Å²) in [7, 11) is 0. The number of nitrogens with one attached hydrogen (secondary N) is 1. The number of halogens is 2. The van der Waals surface area contributed by atoms with Crippen LogP contribution in [0.5, 0.6) is 0 Å². The lowest BCUT2D eigenvalue weighted by molar-refractivity contribution is -0.124. The van der Waals surface area contributed by atoms with Crippen LogP contribution in [-0.2, 0) is 9.53 Å². The lowest BCUT2D eigenvalue weighted by atomic mass is 10.1. The monoisotopic (exact) mass is 351 g/mol. The molecule has 2 rings (SSSR count). The van der Waals surface area contributed by atoms with E-state index in [4.69, 9.17) is 27.9 Å². The molecular formula is C17H15Cl2NO3. The fraction of sp³-hybridized carbons (Fsp3) is 0.176. The molecule has 0 saturated carbocycles. The van der Waals surface area contributed by atoms with Gasteiger partial charge in [0.15, 0.2) is 6.61 Å². The van der Waals surface area contributed by atoms with E-state index in [9.17, 15) is 9.59 Å². The molecular weight excluding hydrogens is 337 g/mol. The maximum absolute atomic E-state index is 11.9. The van der Waals surface area contributed by atoms with Crippen LogP contribution in [0.25, 0.3) is 0 Å². The smallest absolute Gasteiger partial charge is 0.340 e. The Morgan fingerprint density at radius 1 is 1.04 bits per heavy atom. The Morgan fingerprint density at radius 3 is 2.30 bits per heavy atom. The summed E-state index contributed by atoms with van der Waals surface area (Å²) >= 11 is 12.0. The highest BCUT2D eigenvalue weighted by molar-refractivity contribution is 6.33. The topological polar surface area (TPSA) is 55.4 Å². The van der Waals surface area contributed by atoms with E-state index in [1.807, 2.05) is 18.2 Å². The van der Waals surface area contributed by atoms with Gasteiger partial charge in [-0.3, -0.25) is 4.79 Å². The van der Waals surface area contributed by atoms with Crippen molar-refractivity contribution in [1.82, 2.24) is 5.32 Å². The normalized spacial score (nSPS) is 11.6. The molecule has 23 heavy (non-hydrogen) atoms. The number of rotatable bonds is 5. The van der Waals surface area contributed by atoms with Gasteiger partial charge in [-0.05, 0) is 30.7 Å². The fourth-order valence-corrected chi connectivity index (χ4v) is 2.54. The van der Waals surface area contributed by atoms with E-state index in [0.29, 0.717) is 5.02 Å². The lowest BCUT2D eigenvalue weighted by Crippen LogP contribution is -2.31. The summed E-state index contributed by atoms with van der Waals surface area (Å²) in [6.45, 7) is 1.41. The molecule has 2 aromatic carbocycles. The van der Waals surface area contributed by atoms with Gasteiger partial charge in [0.25, 0.3) is 5.91 Å². The second kappa shape index (κ2) is 7.99. The van der Waals surface area contributed by atoms with E-state index in [1.54, 1.807) is 31.2 Å². The first kappa shape index (κ1) is 17.3. The molecule has 0 spiro atoms. The summed E-state index contributed by atoms with van der Waals surface area (Å²) in [5, 5.41) is 3.57. The van der Waals surface area contributed by atoms with E-state index < -0.39 is 18.5 Å². The van der Waals surface area contributed by atoms with Gasteiger partial charge in [0.05, 0.1) is 16.6 Å². The number of hydrogen-bond donors (Lipinski definition) is 1. The number of ether oxygens (including phenoxy) is 1. The second-order valence-electron chi connectivity index (χ2n) is 4.87. The average Bonchev–Trinajstić information content (AvgIpc) is 2.53. The van der Waals surface area contributed by atoms with Crippen molar-refractivity contribution in [2.24, 2.45) is 0 Å². The first-order valence-corrected chi connectivity index (χ1v) is 7.70. The summed E-state index contributed by atoms with van der Waals surface area (Å²) in [6, 6.07) is 13.4. The molecule has 0 aliphatic rings. The minimum atomic E-state index is -0.642. The van der Waals surface area contributed by atoms with E-state index in [0.717, 1.165) is 5.56 Å². The van der Waals surface area contributed by atoms with E-state index in [1.165, 1.54) is 6.07 Å². The van der Waals surface area contributed by atoms with Crippen LogP contribution in [0, 0.1) is 0 Å². The molecule has 0 aliphatic carbocycles. The number of hydrogen-bond acceptors (Lipinski definition) is 3. The van der Waals surface area contributed by atoms with Crippen LogP contribution in [0.4, 0.5) is 0 Å². The van der Waals surface area contributed by atoms with Crippen molar-refractivity contribution in [2.75, 3.05) is 6.61 Å². The Balaban J connectivity index is 1.89. The van der Waals surface area contributed by atoms with Crippen molar-refractivity contribution >= 4 is 35.1 Å². The van der Waals surface area contributed by atoms with Gasteiger partial charge in [-0.2, -0.15) is 0 Å². The first-order valence-electron chi connectivity index (χ1n) is 6.94. The highest BCUT2D eigenvalue weighted by Gasteiger charge is 2.16. The first-order chi connectivity index (χ1) is 11.0.